The number of amides is 1. The van der Waals surface area contributed by atoms with Crippen LogP contribution < -0.4 is 25.4 Å². The van der Waals surface area contributed by atoms with Gasteiger partial charge in [-0.15, -0.1) is 0 Å². The second-order valence-electron chi connectivity index (χ2n) is 5.86. The molecule has 2 aromatic carbocycles. The van der Waals surface area contributed by atoms with Crippen LogP contribution in [-0.2, 0) is 0 Å². The lowest BCUT2D eigenvalue weighted by molar-refractivity contribution is 0.0934. The predicted octanol–water partition coefficient (Wildman–Crippen LogP) is 6.08. The van der Waals surface area contributed by atoms with Gasteiger partial charge < -0.3 is 25.4 Å². The molecule has 0 saturated heterocycles. The van der Waals surface area contributed by atoms with E-state index in [4.69, 9.17) is 91.3 Å². The number of thiocarbonyl (C=S) groups is 1. The predicted molar refractivity (Wildman–Crippen MR) is 132 cm³/mol. The number of methoxy groups -OCH3 is 2. The largest absolute Gasteiger partial charge is 0.493 e. The van der Waals surface area contributed by atoms with Crippen LogP contribution in [0.3, 0.4) is 0 Å². The van der Waals surface area contributed by atoms with E-state index in [1.54, 1.807) is 6.07 Å². The van der Waals surface area contributed by atoms with Crippen molar-refractivity contribution in [2.24, 2.45) is 0 Å². The van der Waals surface area contributed by atoms with Gasteiger partial charge in [0.25, 0.3) is 5.91 Å². The highest BCUT2D eigenvalue weighted by Gasteiger charge is 2.35. The Balaban J connectivity index is 2.18. The Labute approximate surface area is 214 Å². The number of nitrogens with one attached hydrogen (secondary N) is 3. The maximum atomic E-state index is 12.7. The average Bonchev–Trinajstić information content (AvgIpc) is 2.68. The molecular formula is C18H15Cl6N3O3S. The highest BCUT2D eigenvalue weighted by molar-refractivity contribution is 7.80. The van der Waals surface area contributed by atoms with Crippen LogP contribution in [0.1, 0.15) is 10.4 Å². The molecule has 0 fully saturated rings. The Morgan fingerprint density at radius 3 is 2.06 bits per heavy atom. The highest BCUT2D eigenvalue weighted by atomic mass is 35.6. The van der Waals surface area contributed by atoms with Crippen LogP contribution in [0.4, 0.5) is 5.69 Å². The van der Waals surface area contributed by atoms with Gasteiger partial charge in [-0.3, -0.25) is 4.79 Å². The Morgan fingerprint density at radius 1 is 0.968 bits per heavy atom. The minimum atomic E-state index is -1.97. The molecule has 1 amide bonds. The number of rotatable bonds is 6. The number of hydrogen-bond donors (Lipinski definition) is 3. The van der Waals surface area contributed by atoms with Gasteiger partial charge in [0, 0.05) is 10.6 Å². The van der Waals surface area contributed by atoms with Gasteiger partial charge in [0.2, 0.25) is 3.79 Å². The molecule has 13 heteroatoms. The third-order valence-electron chi connectivity index (χ3n) is 3.77. The zero-order valence-electron chi connectivity index (χ0n) is 15.9. The number of halogens is 6. The van der Waals surface area contributed by atoms with E-state index in [2.05, 4.69) is 16.0 Å². The van der Waals surface area contributed by atoms with Crippen molar-refractivity contribution in [2.75, 3.05) is 19.5 Å². The van der Waals surface area contributed by atoms with Gasteiger partial charge in [0.1, 0.15) is 6.17 Å². The van der Waals surface area contributed by atoms with Gasteiger partial charge in [-0.05, 0) is 42.5 Å². The van der Waals surface area contributed by atoms with Crippen molar-refractivity contribution in [1.82, 2.24) is 10.6 Å². The second kappa shape index (κ2) is 11.2. The quantitative estimate of drug-likeness (QED) is 0.224. The van der Waals surface area contributed by atoms with E-state index in [0.29, 0.717) is 22.2 Å². The summed E-state index contributed by atoms with van der Waals surface area (Å²) in [6.45, 7) is 0. The second-order valence-corrected chi connectivity index (χ2v) is 9.89. The molecule has 0 aliphatic heterocycles. The molecule has 0 unspecified atom stereocenters. The molecule has 3 N–H and O–H groups in total. The van der Waals surface area contributed by atoms with Crippen LogP contribution in [0.2, 0.25) is 15.1 Å². The molecule has 0 aromatic heterocycles. The molecule has 0 spiro atoms. The summed E-state index contributed by atoms with van der Waals surface area (Å²) in [5.74, 6) is 0.255. The van der Waals surface area contributed by atoms with Gasteiger partial charge in [0.05, 0.1) is 30.0 Å². The molecule has 2 aromatic rings. The SMILES string of the molecule is COc1ccc(C(=O)N[C@H](NC(=S)Nc2c(Cl)cc(Cl)cc2Cl)C(Cl)(Cl)Cl)cc1OC. The number of benzene rings is 2. The third kappa shape index (κ3) is 7.22. The van der Waals surface area contributed by atoms with E-state index in [9.17, 15) is 4.79 Å². The van der Waals surface area contributed by atoms with Gasteiger partial charge >= 0.3 is 0 Å². The molecule has 168 valence electrons. The number of carbonyl (C=O) groups is 1. The fraction of sp³-hybridized carbons (Fsp3) is 0.222. The first-order valence-electron chi connectivity index (χ1n) is 8.28. The number of hydrogen-bond acceptors (Lipinski definition) is 4. The van der Waals surface area contributed by atoms with Crippen molar-refractivity contribution in [3.8, 4) is 11.5 Å². The highest BCUT2D eigenvalue weighted by Crippen LogP contribution is 2.34. The summed E-state index contributed by atoms with van der Waals surface area (Å²) in [6, 6.07) is 7.53. The van der Waals surface area contributed by atoms with E-state index in [1.807, 2.05) is 0 Å². The maximum Gasteiger partial charge on any atom is 0.253 e. The van der Waals surface area contributed by atoms with Crippen LogP contribution in [0.15, 0.2) is 30.3 Å². The molecule has 1 atom stereocenters. The van der Waals surface area contributed by atoms with Gasteiger partial charge in [-0.25, -0.2) is 0 Å². The maximum absolute atomic E-state index is 12.7. The molecule has 0 bridgehead atoms. The lowest BCUT2D eigenvalue weighted by atomic mass is 10.2. The van der Waals surface area contributed by atoms with Gasteiger partial charge in [-0.1, -0.05) is 69.6 Å². The summed E-state index contributed by atoms with van der Waals surface area (Å²) in [5.41, 5.74) is 0.529. The molecule has 0 aliphatic rings. The van der Waals surface area contributed by atoms with E-state index >= 15 is 0 Å². The lowest BCUT2D eigenvalue weighted by Crippen LogP contribution is -2.56. The van der Waals surface area contributed by atoms with Crippen molar-refractivity contribution in [1.29, 1.82) is 0 Å². The van der Waals surface area contributed by atoms with E-state index in [0.717, 1.165) is 0 Å². The molecule has 6 nitrogen and oxygen atoms in total. The van der Waals surface area contributed by atoms with Crippen LogP contribution in [0.25, 0.3) is 0 Å². The fourth-order valence-corrected chi connectivity index (χ4v) is 3.79. The number of carbonyl (C=O) groups excluding carboxylic acids is 1. The molecule has 0 radical (unpaired) electrons. The summed E-state index contributed by atoms with van der Waals surface area (Å²) in [5, 5.41) is 8.84. The Morgan fingerprint density at radius 2 is 1.55 bits per heavy atom. The Kier molecular flexibility index (Phi) is 9.45. The third-order valence-corrected chi connectivity index (χ3v) is 5.46. The monoisotopic (exact) mass is 563 g/mol. The molecule has 0 saturated carbocycles. The fourth-order valence-electron chi connectivity index (χ4n) is 2.33. The standard InChI is InChI=1S/C18H15Cl6N3O3S/c1-29-12-4-3-8(5-13(12)30-2)15(28)26-16(18(22,23)24)27-17(31)25-14-10(20)6-9(19)7-11(14)21/h3-7,16H,1-2H3,(H,26,28)(H2,25,27,31)/t16-/m1/s1. The van der Waals surface area contributed by atoms with E-state index < -0.39 is 15.9 Å². The minimum Gasteiger partial charge on any atom is -0.493 e. The van der Waals surface area contributed by atoms with Crippen molar-refractivity contribution in [3.63, 3.8) is 0 Å². The van der Waals surface area contributed by atoms with Crippen molar-refractivity contribution in [3.05, 3.63) is 51.0 Å². The zero-order chi connectivity index (χ0) is 23.3. The van der Waals surface area contributed by atoms with Crippen molar-refractivity contribution < 1.29 is 14.3 Å². The summed E-state index contributed by atoms with van der Waals surface area (Å²) < 4.78 is 8.38. The first kappa shape index (κ1) is 26.2. The van der Waals surface area contributed by atoms with Crippen LogP contribution >= 0.6 is 81.8 Å². The number of ether oxygens (including phenoxy) is 2. The molecule has 0 aliphatic carbocycles. The summed E-state index contributed by atoms with van der Waals surface area (Å²) in [7, 11) is 2.93. The lowest BCUT2D eigenvalue weighted by Gasteiger charge is -2.28. The smallest absolute Gasteiger partial charge is 0.253 e. The van der Waals surface area contributed by atoms with E-state index in [1.165, 1.54) is 38.5 Å². The first-order valence-corrected chi connectivity index (χ1v) is 11.0. The van der Waals surface area contributed by atoms with Crippen molar-refractivity contribution in [2.45, 2.75) is 9.96 Å². The van der Waals surface area contributed by atoms with Gasteiger partial charge in [0.15, 0.2) is 16.6 Å². The normalized spacial score (nSPS) is 12.0. The first-order chi connectivity index (χ1) is 14.5. The number of alkyl halides is 3. The van der Waals surface area contributed by atoms with Crippen LogP contribution in [0.5, 0.6) is 11.5 Å². The average molecular weight is 566 g/mol. The Bertz CT molecular complexity index is 963. The van der Waals surface area contributed by atoms with Gasteiger partial charge in [-0.2, -0.15) is 0 Å². The summed E-state index contributed by atoms with van der Waals surface area (Å²) in [4.78, 5) is 12.7. The zero-order valence-corrected chi connectivity index (χ0v) is 21.2. The van der Waals surface area contributed by atoms with Crippen LogP contribution in [0, 0.1) is 0 Å². The summed E-state index contributed by atoms with van der Waals surface area (Å²) in [6.07, 6.45) is -1.22. The molecular weight excluding hydrogens is 551 g/mol. The van der Waals surface area contributed by atoms with Crippen molar-refractivity contribution >= 4 is 98.5 Å². The topological polar surface area (TPSA) is 71.6 Å². The Hall–Kier alpha value is -1.06. The van der Waals surface area contributed by atoms with E-state index in [-0.39, 0.29) is 20.7 Å². The minimum absolute atomic E-state index is 0.0185. The molecule has 0 heterocycles. The molecule has 31 heavy (non-hydrogen) atoms. The molecule has 2 rings (SSSR count). The van der Waals surface area contributed by atoms with Crippen LogP contribution in [-0.4, -0.2) is 35.2 Å². The summed E-state index contributed by atoms with van der Waals surface area (Å²) >= 11 is 41.5. The number of anilines is 1.